The number of hydrogen-bond donors (Lipinski definition) is 3. The van der Waals surface area contributed by atoms with E-state index < -0.39 is 12.7 Å². The Morgan fingerprint density at radius 2 is 2.07 bits per heavy atom. The predicted octanol–water partition coefficient (Wildman–Crippen LogP) is -1.11. The van der Waals surface area contributed by atoms with Gasteiger partial charge in [0.25, 0.3) is 0 Å². The number of benzene rings is 1. The molecule has 1 aromatic carbocycles. The number of ether oxygens (including phenoxy) is 1. The van der Waals surface area contributed by atoms with Crippen molar-refractivity contribution in [2.45, 2.75) is 45.2 Å². The van der Waals surface area contributed by atoms with Crippen molar-refractivity contribution in [1.29, 1.82) is 0 Å². The van der Waals surface area contributed by atoms with Crippen LogP contribution in [0.3, 0.4) is 0 Å². The Labute approximate surface area is 168 Å². The van der Waals surface area contributed by atoms with Crippen LogP contribution in [0.4, 0.5) is 0 Å². The summed E-state index contributed by atoms with van der Waals surface area (Å²) in [6, 6.07) is 2.97. The molecule has 3 heterocycles. The Kier molecular flexibility index (Phi) is 4.75. The van der Waals surface area contributed by atoms with Crippen LogP contribution < -0.4 is 19.8 Å². The van der Waals surface area contributed by atoms with Crippen molar-refractivity contribution in [3.05, 3.63) is 23.3 Å². The smallest absolute Gasteiger partial charge is 0.430 e. The van der Waals surface area contributed by atoms with Gasteiger partial charge in [0.15, 0.2) is 0 Å². The fraction of sp³-hybridized carbons (Fsp3) is 0.579. The number of carbonyl (C=O) groups excluding carboxylic acids is 2. The highest BCUT2D eigenvalue weighted by atomic mass is 16.6. The van der Waals surface area contributed by atoms with E-state index in [1.165, 1.54) is 6.07 Å². The summed E-state index contributed by atoms with van der Waals surface area (Å²) in [6.45, 7) is 2.63. The first-order chi connectivity index (χ1) is 13.5. The highest BCUT2D eigenvalue weighted by Crippen LogP contribution is 2.38. The van der Waals surface area contributed by atoms with Gasteiger partial charge in [-0.3, -0.25) is 4.79 Å². The van der Waals surface area contributed by atoms with Crippen molar-refractivity contribution in [3.8, 4) is 11.5 Å². The molecule has 0 bridgehead atoms. The summed E-state index contributed by atoms with van der Waals surface area (Å²) < 4.78 is 10.9. The number of carboxylic acid groups (broad SMARTS) is 1. The molecule has 0 saturated carbocycles. The van der Waals surface area contributed by atoms with Gasteiger partial charge in [-0.15, -0.1) is 0 Å². The van der Waals surface area contributed by atoms with E-state index in [2.05, 4.69) is 19.2 Å². The molecule has 0 radical (unpaired) electrons. The Morgan fingerprint density at radius 1 is 1.34 bits per heavy atom. The Morgan fingerprint density at radius 3 is 2.69 bits per heavy atom. The molecule has 0 unspecified atom stereocenters. The van der Waals surface area contributed by atoms with E-state index in [1.807, 2.05) is 0 Å². The van der Waals surface area contributed by atoms with Crippen LogP contribution in [-0.4, -0.2) is 65.4 Å². The summed E-state index contributed by atoms with van der Waals surface area (Å²) in [5, 5.41) is 34.5. The summed E-state index contributed by atoms with van der Waals surface area (Å²) in [6.07, 6.45) is 0.688. The lowest BCUT2D eigenvalue weighted by molar-refractivity contribution is -0.255. The molecule has 3 aliphatic heterocycles. The third-order valence-corrected chi connectivity index (χ3v) is 5.84. The lowest BCUT2D eigenvalue weighted by atomic mass is 9.70. The van der Waals surface area contributed by atoms with Crippen LogP contribution in [0.2, 0.25) is 6.32 Å². The standard InChI is InChI=1S/C19H26BN2O7/c1-19(2)7-13(21-10-19)17(23)22-8-12(9-22)28-14-4-3-11-5-6-20(26,27)29-16(11)15(14)18(24)25/h3-4,12-13,21,26-27H,5-10H2,1-2H3,(H,24,25)/q-1/p-1/t13-/m0/s1. The Bertz CT molecular complexity index is 851. The first-order valence-electron chi connectivity index (χ1n) is 9.90. The van der Waals surface area contributed by atoms with Crippen molar-refractivity contribution < 1.29 is 34.1 Å². The number of nitrogens with zero attached hydrogens (tertiary/aromatic N) is 1. The van der Waals surface area contributed by atoms with Gasteiger partial charge in [0.05, 0.1) is 36.4 Å². The van der Waals surface area contributed by atoms with Gasteiger partial charge in [0.1, 0.15) is 11.9 Å². The minimum absolute atomic E-state index is 0.00854. The monoisotopic (exact) mass is 404 g/mol. The zero-order valence-electron chi connectivity index (χ0n) is 16.5. The summed E-state index contributed by atoms with van der Waals surface area (Å²) in [4.78, 5) is 26.0. The third-order valence-electron chi connectivity index (χ3n) is 5.84. The van der Waals surface area contributed by atoms with Gasteiger partial charge in [0.2, 0.25) is 5.91 Å². The van der Waals surface area contributed by atoms with Crippen LogP contribution >= 0.6 is 0 Å². The van der Waals surface area contributed by atoms with Gasteiger partial charge >= 0.3 is 6.75 Å². The molecule has 9 nitrogen and oxygen atoms in total. The average Bonchev–Trinajstić information content (AvgIpc) is 2.95. The molecule has 1 amide bonds. The second-order valence-electron chi connectivity index (χ2n) is 9.01. The van der Waals surface area contributed by atoms with Crippen molar-refractivity contribution in [2.75, 3.05) is 19.6 Å². The van der Waals surface area contributed by atoms with Gasteiger partial charge in [0, 0.05) is 6.54 Å². The van der Waals surface area contributed by atoms with Crippen LogP contribution in [0.5, 0.6) is 11.5 Å². The normalized spacial score (nSPS) is 25.0. The predicted molar refractivity (Wildman–Crippen MR) is 101 cm³/mol. The molecule has 2 fully saturated rings. The molecular formula is C19H25BN2O7-2. The molecule has 10 heteroatoms. The van der Waals surface area contributed by atoms with Crippen LogP contribution in [-0.2, 0) is 11.2 Å². The summed E-state index contributed by atoms with van der Waals surface area (Å²) in [5.74, 6) is -1.58. The van der Waals surface area contributed by atoms with Gasteiger partial charge in [-0.25, -0.2) is 0 Å². The van der Waals surface area contributed by atoms with Crippen molar-refractivity contribution in [3.63, 3.8) is 0 Å². The number of fused-ring (bicyclic) bond motifs is 1. The molecule has 3 aliphatic rings. The van der Waals surface area contributed by atoms with E-state index in [-0.39, 0.29) is 53.3 Å². The van der Waals surface area contributed by atoms with E-state index in [0.29, 0.717) is 18.7 Å². The van der Waals surface area contributed by atoms with Crippen molar-refractivity contribution >= 4 is 18.6 Å². The number of likely N-dealkylation sites (tertiary alicyclic amines) is 1. The zero-order chi connectivity index (χ0) is 21.0. The summed E-state index contributed by atoms with van der Waals surface area (Å²) >= 11 is 0. The fourth-order valence-electron chi connectivity index (χ4n) is 4.19. The molecule has 4 rings (SSSR count). The maximum Gasteiger partial charge on any atom is 0.430 e. The highest BCUT2D eigenvalue weighted by Gasteiger charge is 2.41. The number of hydrogen-bond acceptors (Lipinski definition) is 8. The van der Waals surface area contributed by atoms with Crippen molar-refractivity contribution in [1.82, 2.24) is 10.2 Å². The number of amides is 1. The minimum atomic E-state index is -3.11. The van der Waals surface area contributed by atoms with E-state index in [9.17, 15) is 24.7 Å². The number of aryl methyl sites for hydroxylation is 1. The second-order valence-corrected chi connectivity index (χ2v) is 9.01. The SMILES string of the molecule is CC1(C)CN[C@H](C(=O)N2CC(Oc3ccc4c(c3C(=O)[O-])O[B-](O)(O)CC4)C2)C1. The largest absolute Gasteiger partial charge is 0.669 e. The molecule has 3 N–H and O–H groups in total. The quantitative estimate of drug-likeness (QED) is 0.539. The number of carbonyl (C=O) groups is 2. The molecule has 0 aromatic heterocycles. The van der Waals surface area contributed by atoms with Crippen molar-refractivity contribution in [2.24, 2.45) is 5.41 Å². The van der Waals surface area contributed by atoms with E-state index >= 15 is 0 Å². The maximum absolute atomic E-state index is 12.6. The summed E-state index contributed by atoms with van der Waals surface area (Å²) in [7, 11) is 0. The lowest BCUT2D eigenvalue weighted by Crippen LogP contribution is -2.59. The molecule has 0 spiro atoms. The van der Waals surface area contributed by atoms with E-state index in [0.717, 1.165) is 13.0 Å². The van der Waals surface area contributed by atoms with Crippen LogP contribution in [0.1, 0.15) is 36.2 Å². The first-order valence-corrected chi connectivity index (χ1v) is 9.90. The van der Waals surface area contributed by atoms with E-state index in [4.69, 9.17) is 9.39 Å². The maximum atomic E-state index is 12.6. The average molecular weight is 404 g/mol. The third kappa shape index (κ3) is 3.92. The topological polar surface area (TPSA) is 131 Å². The molecule has 2 saturated heterocycles. The molecule has 29 heavy (non-hydrogen) atoms. The lowest BCUT2D eigenvalue weighted by Gasteiger charge is -2.41. The van der Waals surface area contributed by atoms with Gasteiger partial charge in [-0.1, -0.05) is 26.2 Å². The fourth-order valence-corrected chi connectivity index (χ4v) is 4.19. The first kappa shape index (κ1) is 20.0. The van der Waals surface area contributed by atoms with Gasteiger partial charge < -0.3 is 39.6 Å². The molecule has 1 aromatic rings. The molecule has 1 atom stereocenters. The van der Waals surface area contributed by atoms with Crippen LogP contribution in [0.25, 0.3) is 0 Å². The van der Waals surface area contributed by atoms with Crippen LogP contribution in [0, 0.1) is 5.41 Å². The highest BCUT2D eigenvalue weighted by molar-refractivity contribution is 6.59. The number of rotatable bonds is 4. The number of nitrogens with one attached hydrogen (secondary N) is 1. The Hall–Kier alpha value is -2.30. The summed E-state index contributed by atoms with van der Waals surface area (Å²) in [5.41, 5.74) is 0.307. The minimum Gasteiger partial charge on any atom is -0.669 e. The van der Waals surface area contributed by atoms with Crippen LogP contribution in [0.15, 0.2) is 12.1 Å². The number of carboxylic acids is 1. The molecule has 0 aliphatic carbocycles. The zero-order valence-corrected chi connectivity index (χ0v) is 16.5. The Balaban J connectivity index is 1.44. The molecular weight excluding hydrogens is 379 g/mol. The molecule has 158 valence electrons. The van der Waals surface area contributed by atoms with Gasteiger partial charge in [-0.05, 0) is 29.9 Å². The van der Waals surface area contributed by atoms with E-state index in [1.54, 1.807) is 11.0 Å². The number of aromatic carboxylic acids is 1. The van der Waals surface area contributed by atoms with Gasteiger partial charge in [-0.2, -0.15) is 0 Å². The second kappa shape index (κ2) is 6.89.